The van der Waals surface area contributed by atoms with Crippen LogP contribution in [0.4, 0.5) is 5.69 Å². The standard InChI is InChI=1S/C22H18N2OS/c25-20(14-9-15-5-2-1-3-6-15)24-22(26)23-19-13-12-17-11-10-16-7-4-8-18(19)21(16)17/h1-9,12-14H,10-11H2,(H2,23,24,25,26)/b14-9+. The van der Waals surface area contributed by atoms with Crippen molar-refractivity contribution < 1.29 is 4.79 Å². The molecule has 4 rings (SSSR count). The van der Waals surface area contributed by atoms with E-state index < -0.39 is 0 Å². The van der Waals surface area contributed by atoms with Crippen LogP contribution in [-0.4, -0.2) is 11.0 Å². The maximum absolute atomic E-state index is 12.1. The van der Waals surface area contributed by atoms with Crippen LogP contribution in [0.3, 0.4) is 0 Å². The summed E-state index contributed by atoms with van der Waals surface area (Å²) < 4.78 is 0. The van der Waals surface area contributed by atoms with Gasteiger partial charge in [-0.15, -0.1) is 0 Å². The summed E-state index contributed by atoms with van der Waals surface area (Å²) in [6.07, 6.45) is 5.41. The smallest absolute Gasteiger partial charge is 0.250 e. The van der Waals surface area contributed by atoms with E-state index >= 15 is 0 Å². The van der Waals surface area contributed by atoms with E-state index in [0.29, 0.717) is 5.11 Å². The molecule has 0 atom stereocenters. The van der Waals surface area contributed by atoms with Crippen LogP contribution >= 0.6 is 12.2 Å². The lowest BCUT2D eigenvalue weighted by Crippen LogP contribution is -2.32. The number of hydrogen-bond acceptors (Lipinski definition) is 2. The molecule has 26 heavy (non-hydrogen) atoms. The largest absolute Gasteiger partial charge is 0.332 e. The van der Waals surface area contributed by atoms with Gasteiger partial charge in [0.15, 0.2) is 5.11 Å². The van der Waals surface area contributed by atoms with E-state index in [2.05, 4.69) is 34.9 Å². The molecule has 3 aromatic rings. The molecule has 1 aliphatic carbocycles. The summed E-state index contributed by atoms with van der Waals surface area (Å²) in [5.41, 5.74) is 4.64. The van der Waals surface area contributed by atoms with E-state index in [1.165, 1.54) is 22.6 Å². The molecule has 0 spiro atoms. The lowest BCUT2D eigenvalue weighted by Gasteiger charge is -2.12. The second kappa shape index (κ2) is 7.10. The maximum atomic E-state index is 12.1. The van der Waals surface area contributed by atoms with Gasteiger partial charge >= 0.3 is 0 Å². The first-order chi connectivity index (χ1) is 12.7. The zero-order valence-electron chi connectivity index (χ0n) is 14.2. The van der Waals surface area contributed by atoms with Crippen LogP contribution in [0.5, 0.6) is 0 Å². The zero-order valence-corrected chi connectivity index (χ0v) is 15.0. The Morgan fingerprint density at radius 3 is 2.50 bits per heavy atom. The van der Waals surface area contributed by atoms with Gasteiger partial charge in [0.1, 0.15) is 0 Å². The highest BCUT2D eigenvalue weighted by molar-refractivity contribution is 7.80. The van der Waals surface area contributed by atoms with Gasteiger partial charge in [-0.1, -0.05) is 54.6 Å². The van der Waals surface area contributed by atoms with Crippen molar-refractivity contribution in [1.82, 2.24) is 5.32 Å². The average Bonchev–Trinajstić information content (AvgIpc) is 3.08. The van der Waals surface area contributed by atoms with E-state index in [1.54, 1.807) is 6.08 Å². The molecule has 1 aliphatic rings. The Bertz CT molecular complexity index is 1010. The van der Waals surface area contributed by atoms with Gasteiger partial charge < -0.3 is 5.32 Å². The third kappa shape index (κ3) is 3.37. The molecule has 0 saturated carbocycles. The SMILES string of the molecule is O=C(/C=C/c1ccccc1)NC(=S)Nc1ccc2c3c(cccc13)CC2. The topological polar surface area (TPSA) is 41.1 Å². The van der Waals surface area contributed by atoms with Gasteiger partial charge in [0.2, 0.25) is 5.91 Å². The minimum absolute atomic E-state index is 0.253. The van der Waals surface area contributed by atoms with Crippen LogP contribution < -0.4 is 10.6 Å². The second-order valence-corrected chi connectivity index (χ2v) is 6.71. The molecule has 128 valence electrons. The van der Waals surface area contributed by atoms with Gasteiger partial charge in [-0.05, 0) is 59.3 Å². The van der Waals surface area contributed by atoms with Crippen LogP contribution in [-0.2, 0) is 17.6 Å². The van der Waals surface area contributed by atoms with Gasteiger partial charge in [0.25, 0.3) is 0 Å². The van der Waals surface area contributed by atoms with E-state index in [0.717, 1.165) is 29.5 Å². The first-order valence-corrected chi connectivity index (χ1v) is 9.00. The normalized spacial score (nSPS) is 12.5. The Balaban J connectivity index is 1.47. The van der Waals surface area contributed by atoms with Crippen molar-refractivity contribution in [1.29, 1.82) is 0 Å². The van der Waals surface area contributed by atoms with Gasteiger partial charge in [0.05, 0.1) is 0 Å². The molecule has 0 heterocycles. The molecule has 0 saturated heterocycles. The molecule has 0 radical (unpaired) electrons. The highest BCUT2D eigenvalue weighted by Crippen LogP contribution is 2.34. The molecular formula is C22H18N2OS. The van der Waals surface area contributed by atoms with Crippen LogP contribution in [0.25, 0.3) is 16.8 Å². The molecule has 0 unspecified atom stereocenters. The highest BCUT2D eigenvalue weighted by Gasteiger charge is 2.16. The Kier molecular flexibility index (Phi) is 4.50. The number of amides is 1. The fraction of sp³-hybridized carbons (Fsp3) is 0.0909. The molecule has 4 heteroatoms. The minimum atomic E-state index is -0.253. The summed E-state index contributed by atoms with van der Waals surface area (Å²) in [5, 5.41) is 8.62. The molecule has 0 fully saturated rings. The number of carbonyl (C=O) groups is 1. The number of benzene rings is 3. The summed E-state index contributed by atoms with van der Waals surface area (Å²) in [7, 11) is 0. The van der Waals surface area contributed by atoms with Gasteiger partial charge in [-0.25, -0.2) is 0 Å². The summed E-state index contributed by atoms with van der Waals surface area (Å²) >= 11 is 5.31. The Morgan fingerprint density at radius 2 is 1.69 bits per heavy atom. The Morgan fingerprint density at radius 1 is 0.923 bits per heavy atom. The van der Waals surface area contributed by atoms with E-state index in [-0.39, 0.29) is 5.91 Å². The third-order valence-corrected chi connectivity index (χ3v) is 4.79. The lowest BCUT2D eigenvalue weighted by molar-refractivity contribution is -0.115. The predicted molar refractivity (Wildman–Crippen MR) is 111 cm³/mol. The predicted octanol–water partition coefficient (Wildman–Crippen LogP) is 4.46. The molecule has 2 N–H and O–H groups in total. The Hall–Kier alpha value is -2.98. The molecule has 1 amide bonds. The lowest BCUT2D eigenvalue weighted by atomic mass is 10.0. The van der Waals surface area contributed by atoms with Crippen LogP contribution in [0.15, 0.2) is 66.7 Å². The first-order valence-electron chi connectivity index (χ1n) is 8.59. The van der Waals surface area contributed by atoms with Gasteiger partial charge in [-0.2, -0.15) is 0 Å². The summed E-state index contributed by atoms with van der Waals surface area (Å²) in [4.78, 5) is 12.1. The van der Waals surface area contributed by atoms with Crippen molar-refractivity contribution in [2.45, 2.75) is 12.8 Å². The van der Waals surface area contributed by atoms with Crippen molar-refractivity contribution in [3.05, 3.63) is 83.4 Å². The maximum Gasteiger partial charge on any atom is 0.250 e. The molecule has 0 bridgehead atoms. The molecular weight excluding hydrogens is 340 g/mol. The fourth-order valence-electron chi connectivity index (χ4n) is 3.40. The fourth-order valence-corrected chi connectivity index (χ4v) is 3.61. The summed E-state index contributed by atoms with van der Waals surface area (Å²) in [6, 6.07) is 20.2. The molecule has 3 aromatic carbocycles. The van der Waals surface area contributed by atoms with E-state index in [4.69, 9.17) is 12.2 Å². The van der Waals surface area contributed by atoms with Crippen molar-refractivity contribution >= 4 is 45.8 Å². The van der Waals surface area contributed by atoms with E-state index in [9.17, 15) is 4.79 Å². The highest BCUT2D eigenvalue weighted by atomic mass is 32.1. The third-order valence-electron chi connectivity index (χ3n) is 4.59. The van der Waals surface area contributed by atoms with Crippen LogP contribution in [0, 0.1) is 0 Å². The number of nitrogens with one attached hydrogen (secondary N) is 2. The minimum Gasteiger partial charge on any atom is -0.332 e. The average molecular weight is 358 g/mol. The quantitative estimate of drug-likeness (QED) is 0.536. The van der Waals surface area contributed by atoms with E-state index in [1.807, 2.05) is 36.4 Å². The monoisotopic (exact) mass is 358 g/mol. The number of hydrogen-bond donors (Lipinski definition) is 2. The zero-order chi connectivity index (χ0) is 17.9. The molecule has 3 nitrogen and oxygen atoms in total. The number of carbonyl (C=O) groups excluding carboxylic acids is 1. The van der Waals surface area contributed by atoms with Gasteiger partial charge in [-0.3, -0.25) is 10.1 Å². The first kappa shape index (κ1) is 16.5. The van der Waals surface area contributed by atoms with Crippen molar-refractivity contribution in [3.63, 3.8) is 0 Å². The van der Waals surface area contributed by atoms with Crippen LogP contribution in [0.2, 0.25) is 0 Å². The molecule has 0 aliphatic heterocycles. The van der Waals surface area contributed by atoms with Crippen molar-refractivity contribution in [3.8, 4) is 0 Å². The van der Waals surface area contributed by atoms with Crippen LogP contribution in [0.1, 0.15) is 16.7 Å². The number of rotatable bonds is 3. The summed E-state index contributed by atoms with van der Waals surface area (Å²) in [5.74, 6) is -0.253. The van der Waals surface area contributed by atoms with Crippen molar-refractivity contribution in [2.75, 3.05) is 5.32 Å². The second-order valence-electron chi connectivity index (χ2n) is 6.30. The number of thiocarbonyl (C=S) groups is 1. The Labute approximate surface area is 157 Å². The summed E-state index contributed by atoms with van der Waals surface area (Å²) in [6.45, 7) is 0. The number of anilines is 1. The van der Waals surface area contributed by atoms with Crippen molar-refractivity contribution in [2.24, 2.45) is 0 Å². The van der Waals surface area contributed by atoms with Gasteiger partial charge in [0, 0.05) is 17.1 Å². The molecule has 0 aromatic heterocycles. The number of aryl methyl sites for hydroxylation is 2.